The van der Waals surface area contributed by atoms with E-state index in [1.54, 1.807) is 16.9 Å². The van der Waals surface area contributed by atoms with Crippen LogP contribution in [0, 0.1) is 13.8 Å². The van der Waals surface area contributed by atoms with Gasteiger partial charge in [-0.3, -0.25) is 14.2 Å². The van der Waals surface area contributed by atoms with Crippen LogP contribution in [0.5, 0.6) is 0 Å². The Morgan fingerprint density at radius 2 is 2.00 bits per heavy atom. The Kier molecular flexibility index (Phi) is 4.23. The zero-order valence-corrected chi connectivity index (χ0v) is 13.2. The van der Waals surface area contributed by atoms with Gasteiger partial charge >= 0.3 is 0 Å². The van der Waals surface area contributed by atoms with Crippen molar-refractivity contribution in [3.8, 4) is 0 Å². The number of anilines is 1. The molecule has 1 N–H and O–H groups in total. The van der Waals surface area contributed by atoms with E-state index in [9.17, 15) is 4.79 Å². The molecule has 0 saturated carbocycles. The van der Waals surface area contributed by atoms with E-state index in [2.05, 4.69) is 34.6 Å². The molecule has 0 aliphatic rings. The lowest BCUT2D eigenvalue weighted by Gasteiger charge is -2.05. The molecule has 1 amide bonds. The standard InChI is InChI=1S/C17H19N5O/c1-13-9-18-22(10-13)12-17(23)19-16-7-8-21(20-16)11-15-6-4-3-5-14(15)2/h3-10H,11-12H2,1-2H3,(H,19,20,23). The molecule has 3 aromatic rings. The number of aromatic nitrogens is 4. The maximum atomic E-state index is 12.0. The highest BCUT2D eigenvalue weighted by Gasteiger charge is 2.07. The number of benzene rings is 1. The van der Waals surface area contributed by atoms with Crippen molar-refractivity contribution < 1.29 is 4.79 Å². The van der Waals surface area contributed by atoms with Gasteiger partial charge in [0.05, 0.1) is 12.7 Å². The number of hydrogen-bond acceptors (Lipinski definition) is 3. The van der Waals surface area contributed by atoms with Crippen LogP contribution < -0.4 is 5.32 Å². The van der Waals surface area contributed by atoms with Crippen molar-refractivity contribution in [2.75, 3.05) is 5.32 Å². The second-order valence-corrected chi connectivity index (χ2v) is 5.59. The molecule has 6 heteroatoms. The van der Waals surface area contributed by atoms with Gasteiger partial charge in [-0.1, -0.05) is 24.3 Å². The highest BCUT2D eigenvalue weighted by atomic mass is 16.2. The van der Waals surface area contributed by atoms with Crippen LogP contribution in [0.15, 0.2) is 48.9 Å². The first-order chi connectivity index (χ1) is 11.1. The Bertz CT molecular complexity index is 818. The maximum absolute atomic E-state index is 12.0. The van der Waals surface area contributed by atoms with Gasteiger partial charge in [-0.15, -0.1) is 0 Å². The van der Waals surface area contributed by atoms with Crippen LogP contribution in [0.2, 0.25) is 0 Å². The van der Waals surface area contributed by atoms with E-state index in [0.717, 1.165) is 5.56 Å². The molecule has 118 valence electrons. The monoisotopic (exact) mass is 309 g/mol. The fourth-order valence-electron chi connectivity index (χ4n) is 2.36. The second-order valence-electron chi connectivity index (χ2n) is 5.59. The van der Waals surface area contributed by atoms with Crippen LogP contribution in [0.4, 0.5) is 5.82 Å². The van der Waals surface area contributed by atoms with E-state index < -0.39 is 0 Å². The molecule has 6 nitrogen and oxygen atoms in total. The summed E-state index contributed by atoms with van der Waals surface area (Å²) in [5.41, 5.74) is 3.46. The Morgan fingerprint density at radius 1 is 1.17 bits per heavy atom. The van der Waals surface area contributed by atoms with Gasteiger partial charge in [0.2, 0.25) is 5.91 Å². The number of aryl methyl sites for hydroxylation is 2. The molecule has 1 aromatic carbocycles. The van der Waals surface area contributed by atoms with E-state index in [-0.39, 0.29) is 12.5 Å². The van der Waals surface area contributed by atoms with E-state index in [1.165, 1.54) is 11.1 Å². The number of amides is 1. The van der Waals surface area contributed by atoms with Crippen LogP contribution in [0.1, 0.15) is 16.7 Å². The van der Waals surface area contributed by atoms with Gasteiger partial charge < -0.3 is 5.32 Å². The van der Waals surface area contributed by atoms with Gasteiger partial charge in [-0.2, -0.15) is 10.2 Å². The topological polar surface area (TPSA) is 64.7 Å². The van der Waals surface area contributed by atoms with Gasteiger partial charge in [0.15, 0.2) is 5.82 Å². The first-order valence-electron chi connectivity index (χ1n) is 7.47. The molecule has 23 heavy (non-hydrogen) atoms. The van der Waals surface area contributed by atoms with Crippen molar-refractivity contribution in [3.63, 3.8) is 0 Å². The zero-order chi connectivity index (χ0) is 16.2. The lowest BCUT2D eigenvalue weighted by Crippen LogP contribution is -2.19. The molecule has 0 bridgehead atoms. The highest BCUT2D eigenvalue weighted by Crippen LogP contribution is 2.10. The third-order valence-corrected chi connectivity index (χ3v) is 3.57. The highest BCUT2D eigenvalue weighted by molar-refractivity contribution is 5.89. The van der Waals surface area contributed by atoms with Crippen molar-refractivity contribution >= 4 is 11.7 Å². The first-order valence-corrected chi connectivity index (χ1v) is 7.47. The summed E-state index contributed by atoms with van der Waals surface area (Å²) in [6, 6.07) is 9.98. The molecular weight excluding hydrogens is 290 g/mol. The minimum absolute atomic E-state index is 0.144. The van der Waals surface area contributed by atoms with Crippen LogP contribution in [-0.4, -0.2) is 25.5 Å². The molecule has 0 aliphatic carbocycles. The number of rotatable bonds is 5. The van der Waals surface area contributed by atoms with Crippen LogP contribution in [0.3, 0.4) is 0 Å². The summed E-state index contributed by atoms with van der Waals surface area (Å²) in [5, 5.41) is 11.3. The van der Waals surface area contributed by atoms with Gasteiger partial charge in [0.25, 0.3) is 0 Å². The van der Waals surface area contributed by atoms with Crippen molar-refractivity contribution in [1.82, 2.24) is 19.6 Å². The van der Waals surface area contributed by atoms with E-state index in [1.807, 2.05) is 36.1 Å². The minimum Gasteiger partial charge on any atom is -0.308 e. The van der Waals surface area contributed by atoms with E-state index in [0.29, 0.717) is 12.4 Å². The van der Waals surface area contributed by atoms with Crippen molar-refractivity contribution in [1.29, 1.82) is 0 Å². The Morgan fingerprint density at radius 3 is 2.74 bits per heavy atom. The smallest absolute Gasteiger partial charge is 0.247 e. The fourth-order valence-corrected chi connectivity index (χ4v) is 2.36. The molecule has 0 spiro atoms. The summed E-state index contributed by atoms with van der Waals surface area (Å²) in [7, 11) is 0. The molecule has 0 radical (unpaired) electrons. The predicted octanol–water partition coefficient (Wildman–Crippen LogP) is 2.38. The summed E-state index contributed by atoms with van der Waals surface area (Å²) >= 11 is 0. The fraction of sp³-hybridized carbons (Fsp3) is 0.235. The van der Waals surface area contributed by atoms with Gasteiger partial charge in [0.1, 0.15) is 6.54 Å². The first kappa shape index (κ1) is 15.0. The summed E-state index contributed by atoms with van der Waals surface area (Å²) in [6.45, 7) is 4.88. The minimum atomic E-state index is -0.144. The SMILES string of the molecule is Cc1cnn(CC(=O)Nc2ccn(Cc3ccccc3C)n2)c1. The summed E-state index contributed by atoms with van der Waals surface area (Å²) < 4.78 is 3.42. The molecule has 0 fully saturated rings. The number of nitrogens with one attached hydrogen (secondary N) is 1. The summed E-state index contributed by atoms with van der Waals surface area (Å²) in [5.74, 6) is 0.404. The van der Waals surface area contributed by atoms with E-state index >= 15 is 0 Å². The van der Waals surface area contributed by atoms with Gasteiger partial charge in [-0.05, 0) is 30.5 Å². The molecule has 0 saturated heterocycles. The maximum Gasteiger partial charge on any atom is 0.247 e. The average molecular weight is 309 g/mol. The third kappa shape index (κ3) is 3.85. The zero-order valence-electron chi connectivity index (χ0n) is 13.2. The largest absolute Gasteiger partial charge is 0.308 e. The van der Waals surface area contributed by atoms with Gasteiger partial charge in [0, 0.05) is 18.5 Å². The number of hydrogen-bond donors (Lipinski definition) is 1. The molecular formula is C17H19N5O. The van der Waals surface area contributed by atoms with Gasteiger partial charge in [-0.25, -0.2) is 0 Å². The number of carbonyl (C=O) groups excluding carboxylic acids is 1. The number of nitrogens with zero attached hydrogens (tertiary/aromatic N) is 4. The molecule has 0 aliphatic heterocycles. The number of carbonyl (C=O) groups is 1. The Balaban J connectivity index is 1.61. The van der Waals surface area contributed by atoms with Crippen molar-refractivity contribution in [3.05, 3.63) is 65.6 Å². The normalized spacial score (nSPS) is 10.7. The summed E-state index contributed by atoms with van der Waals surface area (Å²) in [6.07, 6.45) is 5.42. The van der Waals surface area contributed by atoms with Crippen molar-refractivity contribution in [2.45, 2.75) is 26.9 Å². The summed E-state index contributed by atoms with van der Waals surface area (Å²) in [4.78, 5) is 12.0. The van der Waals surface area contributed by atoms with Crippen LogP contribution in [-0.2, 0) is 17.9 Å². The quantitative estimate of drug-likeness (QED) is 0.787. The lowest BCUT2D eigenvalue weighted by molar-refractivity contribution is -0.116. The molecule has 0 atom stereocenters. The van der Waals surface area contributed by atoms with Crippen LogP contribution in [0.25, 0.3) is 0 Å². The average Bonchev–Trinajstić information content (AvgIpc) is 3.11. The van der Waals surface area contributed by atoms with Crippen molar-refractivity contribution in [2.24, 2.45) is 0 Å². The second kappa shape index (κ2) is 6.48. The molecule has 2 aromatic heterocycles. The lowest BCUT2D eigenvalue weighted by atomic mass is 10.1. The molecule has 3 rings (SSSR count). The Labute approximate surface area is 134 Å². The predicted molar refractivity (Wildman–Crippen MR) is 88.1 cm³/mol. The van der Waals surface area contributed by atoms with Crippen LogP contribution >= 0.6 is 0 Å². The third-order valence-electron chi connectivity index (χ3n) is 3.57. The molecule has 2 heterocycles. The molecule has 0 unspecified atom stereocenters. The Hall–Kier alpha value is -2.89. The van der Waals surface area contributed by atoms with E-state index in [4.69, 9.17) is 0 Å².